The van der Waals surface area contributed by atoms with Crippen LogP contribution in [0.1, 0.15) is 36.2 Å². The lowest BCUT2D eigenvalue weighted by Gasteiger charge is -2.37. The van der Waals surface area contributed by atoms with E-state index in [9.17, 15) is 4.79 Å². The number of aromatic nitrogens is 1. The smallest absolute Gasteiger partial charge is 0.171 e. The lowest BCUT2D eigenvalue weighted by atomic mass is 9.78. The van der Waals surface area contributed by atoms with Crippen LogP contribution in [0, 0.1) is 0 Å². The van der Waals surface area contributed by atoms with E-state index >= 15 is 0 Å². The van der Waals surface area contributed by atoms with Gasteiger partial charge in [0.15, 0.2) is 17.9 Å². The number of nitrogens with zero attached hydrogens (tertiary/aromatic N) is 2. The molecule has 0 N–H and O–H groups in total. The monoisotopic (exact) mass is 276 g/mol. The van der Waals surface area contributed by atoms with Gasteiger partial charge in [0.2, 0.25) is 0 Å². The Balaban J connectivity index is 2.11. The second-order valence-corrected chi connectivity index (χ2v) is 5.94. The van der Waals surface area contributed by atoms with Gasteiger partial charge in [-0.3, -0.25) is 4.79 Å². The number of fused-ring (bicyclic) bond motifs is 1. The standard InChI is InChI=1S/C15H20N2O3/c1-15(2)3-6-20-13-12(15)11(10-18)9-16-14(13)17-4-7-19-8-5-17/h9-10H,3-8H2,1-2H3. The van der Waals surface area contributed by atoms with Crippen LogP contribution in [-0.2, 0) is 10.2 Å². The Morgan fingerprint density at radius 3 is 2.75 bits per heavy atom. The van der Waals surface area contributed by atoms with Crippen LogP contribution < -0.4 is 9.64 Å². The van der Waals surface area contributed by atoms with Gasteiger partial charge in [-0.15, -0.1) is 0 Å². The van der Waals surface area contributed by atoms with Crippen molar-refractivity contribution in [3.63, 3.8) is 0 Å². The zero-order valence-electron chi connectivity index (χ0n) is 12.0. The molecule has 2 aliphatic rings. The van der Waals surface area contributed by atoms with Crippen molar-refractivity contribution in [3.05, 3.63) is 17.3 Å². The first-order valence-electron chi connectivity index (χ1n) is 7.07. The van der Waals surface area contributed by atoms with Crippen LogP contribution >= 0.6 is 0 Å². The zero-order chi connectivity index (χ0) is 14.2. The lowest BCUT2D eigenvalue weighted by molar-refractivity contribution is 0.111. The van der Waals surface area contributed by atoms with Crippen molar-refractivity contribution in [1.29, 1.82) is 0 Å². The third-order valence-corrected chi connectivity index (χ3v) is 4.13. The molecule has 0 saturated carbocycles. The third kappa shape index (κ3) is 2.16. The summed E-state index contributed by atoms with van der Waals surface area (Å²) >= 11 is 0. The van der Waals surface area contributed by atoms with Crippen molar-refractivity contribution < 1.29 is 14.3 Å². The van der Waals surface area contributed by atoms with E-state index in [2.05, 4.69) is 23.7 Å². The molecule has 2 aliphatic heterocycles. The largest absolute Gasteiger partial charge is 0.489 e. The molecule has 0 amide bonds. The number of hydrogen-bond acceptors (Lipinski definition) is 5. The normalized spacial score (nSPS) is 21.0. The van der Waals surface area contributed by atoms with E-state index in [1.807, 2.05) is 0 Å². The second kappa shape index (κ2) is 5.05. The molecule has 5 heteroatoms. The number of rotatable bonds is 2. The first kappa shape index (κ1) is 13.4. The van der Waals surface area contributed by atoms with E-state index < -0.39 is 0 Å². The number of hydrogen-bond donors (Lipinski definition) is 0. The van der Waals surface area contributed by atoms with E-state index in [4.69, 9.17) is 9.47 Å². The number of anilines is 1. The molecule has 1 fully saturated rings. The highest BCUT2D eigenvalue weighted by Gasteiger charge is 2.35. The summed E-state index contributed by atoms with van der Waals surface area (Å²) in [6, 6.07) is 0. The summed E-state index contributed by atoms with van der Waals surface area (Å²) < 4.78 is 11.3. The number of morpholine rings is 1. The fourth-order valence-corrected chi connectivity index (χ4v) is 2.95. The molecule has 0 bridgehead atoms. The molecule has 1 aromatic heterocycles. The SMILES string of the molecule is CC1(C)CCOc2c(N3CCOCC3)ncc(C=O)c21. The van der Waals surface area contributed by atoms with Crippen molar-refractivity contribution in [1.82, 2.24) is 4.98 Å². The second-order valence-electron chi connectivity index (χ2n) is 5.94. The number of carbonyl (C=O) groups excluding carboxylic acids is 1. The van der Waals surface area contributed by atoms with E-state index in [0.717, 1.165) is 42.9 Å². The Labute approximate surface area is 118 Å². The van der Waals surface area contributed by atoms with Crippen LogP contribution in [0.25, 0.3) is 0 Å². The molecule has 5 nitrogen and oxygen atoms in total. The first-order chi connectivity index (χ1) is 9.63. The zero-order valence-corrected chi connectivity index (χ0v) is 12.0. The molecular weight excluding hydrogens is 256 g/mol. The number of carbonyl (C=O) groups is 1. The summed E-state index contributed by atoms with van der Waals surface area (Å²) in [5, 5.41) is 0. The van der Waals surface area contributed by atoms with Gasteiger partial charge in [0, 0.05) is 30.4 Å². The molecule has 3 heterocycles. The molecule has 0 aromatic carbocycles. The molecule has 0 spiro atoms. The van der Waals surface area contributed by atoms with Gasteiger partial charge in [0.05, 0.1) is 19.8 Å². The Hall–Kier alpha value is -1.62. The fraction of sp³-hybridized carbons (Fsp3) is 0.600. The molecule has 3 rings (SSSR count). The van der Waals surface area contributed by atoms with Gasteiger partial charge >= 0.3 is 0 Å². The van der Waals surface area contributed by atoms with Crippen molar-refractivity contribution in [2.75, 3.05) is 37.8 Å². The van der Waals surface area contributed by atoms with Gasteiger partial charge in [0.25, 0.3) is 0 Å². The molecule has 108 valence electrons. The van der Waals surface area contributed by atoms with E-state index in [1.54, 1.807) is 6.20 Å². The maximum Gasteiger partial charge on any atom is 0.171 e. The summed E-state index contributed by atoms with van der Waals surface area (Å²) in [4.78, 5) is 18.0. The van der Waals surface area contributed by atoms with Gasteiger partial charge < -0.3 is 14.4 Å². The van der Waals surface area contributed by atoms with E-state index in [-0.39, 0.29) is 5.41 Å². The Kier molecular flexibility index (Phi) is 3.38. The van der Waals surface area contributed by atoms with Crippen molar-refractivity contribution in [3.8, 4) is 5.75 Å². The highest BCUT2D eigenvalue weighted by atomic mass is 16.5. The molecule has 0 atom stereocenters. The maximum atomic E-state index is 11.3. The van der Waals surface area contributed by atoms with Gasteiger partial charge in [-0.25, -0.2) is 4.98 Å². The van der Waals surface area contributed by atoms with Gasteiger partial charge in [-0.05, 0) is 11.8 Å². The number of aldehydes is 1. The average molecular weight is 276 g/mol. The quantitative estimate of drug-likeness (QED) is 0.771. The Morgan fingerprint density at radius 1 is 1.30 bits per heavy atom. The molecular formula is C15H20N2O3. The summed E-state index contributed by atoms with van der Waals surface area (Å²) in [7, 11) is 0. The summed E-state index contributed by atoms with van der Waals surface area (Å²) in [6.45, 7) is 8.01. The summed E-state index contributed by atoms with van der Waals surface area (Å²) in [6.07, 6.45) is 3.46. The molecule has 0 unspecified atom stereocenters. The van der Waals surface area contributed by atoms with Crippen LogP contribution in [-0.4, -0.2) is 44.2 Å². The van der Waals surface area contributed by atoms with Gasteiger partial charge in [-0.2, -0.15) is 0 Å². The summed E-state index contributed by atoms with van der Waals surface area (Å²) in [5.41, 5.74) is 1.57. The topological polar surface area (TPSA) is 51.7 Å². The predicted molar refractivity (Wildman–Crippen MR) is 75.8 cm³/mol. The Morgan fingerprint density at radius 2 is 2.05 bits per heavy atom. The molecule has 0 aliphatic carbocycles. The number of ether oxygens (including phenoxy) is 2. The minimum Gasteiger partial charge on any atom is -0.489 e. The van der Waals surface area contributed by atoms with Crippen LogP contribution in [0.4, 0.5) is 5.82 Å². The summed E-state index contributed by atoms with van der Waals surface area (Å²) in [5.74, 6) is 1.63. The van der Waals surface area contributed by atoms with Crippen molar-refractivity contribution in [2.24, 2.45) is 0 Å². The van der Waals surface area contributed by atoms with Gasteiger partial charge in [0.1, 0.15) is 0 Å². The fourth-order valence-electron chi connectivity index (χ4n) is 2.95. The molecule has 1 saturated heterocycles. The minimum atomic E-state index is -0.0617. The third-order valence-electron chi connectivity index (χ3n) is 4.13. The first-order valence-corrected chi connectivity index (χ1v) is 7.07. The van der Waals surface area contributed by atoms with Crippen molar-refractivity contribution in [2.45, 2.75) is 25.7 Å². The van der Waals surface area contributed by atoms with Crippen LogP contribution in [0.3, 0.4) is 0 Å². The minimum absolute atomic E-state index is 0.0617. The number of pyridine rings is 1. The highest BCUT2D eigenvalue weighted by molar-refractivity contribution is 5.81. The van der Waals surface area contributed by atoms with Crippen molar-refractivity contribution >= 4 is 12.1 Å². The van der Waals surface area contributed by atoms with Gasteiger partial charge in [-0.1, -0.05) is 13.8 Å². The lowest BCUT2D eigenvalue weighted by Crippen LogP contribution is -2.38. The van der Waals surface area contributed by atoms with Crippen LogP contribution in [0.15, 0.2) is 6.20 Å². The molecule has 20 heavy (non-hydrogen) atoms. The predicted octanol–water partition coefficient (Wildman–Crippen LogP) is 1.79. The van der Waals surface area contributed by atoms with Crippen LogP contribution in [0.2, 0.25) is 0 Å². The molecule has 0 radical (unpaired) electrons. The average Bonchev–Trinajstić information content (AvgIpc) is 2.47. The molecule has 1 aromatic rings. The van der Waals surface area contributed by atoms with E-state index in [1.165, 1.54) is 0 Å². The maximum absolute atomic E-state index is 11.3. The van der Waals surface area contributed by atoms with E-state index in [0.29, 0.717) is 25.4 Å². The van der Waals surface area contributed by atoms with Crippen LogP contribution in [0.5, 0.6) is 5.75 Å². The Bertz CT molecular complexity index is 522. The highest BCUT2D eigenvalue weighted by Crippen LogP contribution is 2.44.